The third-order valence-corrected chi connectivity index (χ3v) is 3.74. The number of nitrogens with two attached hydrogens (primary N) is 1. The molecule has 0 radical (unpaired) electrons. The van der Waals surface area contributed by atoms with Crippen LogP contribution in [0.1, 0.15) is 18.1 Å². The summed E-state index contributed by atoms with van der Waals surface area (Å²) in [6.07, 6.45) is 3.77. The molecule has 1 aliphatic heterocycles. The van der Waals surface area contributed by atoms with E-state index in [9.17, 15) is 4.79 Å². The molecule has 0 fully saturated rings. The van der Waals surface area contributed by atoms with E-state index in [2.05, 4.69) is 5.32 Å². The van der Waals surface area contributed by atoms with Gasteiger partial charge in [-0.25, -0.2) is 4.79 Å². The number of para-hydroxylation sites is 1. The summed E-state index contributed by atoms with van der Waals surface area (Å²) in [5.74, 6) is -0.341. The van der Waals surface area contributed by atoms with E-state index >= 15 is 0 Å². The van der Waals surface area contributed by atoms with Crippen LogP contribution in [0.3, 0.4) is 0 Å². The summed E-state index contributed by atoms with van der Waals surface area (Å²) in [5.41, 5.74) is 8.12. The SMILES string of the molecule is CCOC(=O)C1(c2cccc(N)c2)C=Cc2ccccc2N1. The number of ether oxygens (including phenoxy) is 1. The van der Waals surface area contributed by atoms with E-state index in [0.29, 0.717) is 12.3 Å². The van der Waals surface area contributed by atoms with Gasteiger partial charge in [-0.05, 0) is 42.3 Å². The number of nitrogen functional groups attached to an aromatic ring is 1. The lowest BCUT2D eigenvalue weighted by molar-refractivity contribution is -0.147. The van der Waals surface area contributed by atoms with E-state index in [0.717, 1.165) is 16.8 Å². The topological polar surface area (TPSA) is 64.3 Å². The molecule has 0 saturated carbocycles. The van der Waals surface area contributed by atoms with Crippen molar-refractivity contribution >= 4 is 23.4 Å². The molecule has 0 saturated heterocycles. The third-order valence-electron chi connectivity index (χ3n) is 3.74. The van der Waals surface area contributed by atoms with Gasteiger partial charge in [-0.3, -0.25) is 0 Å². The molecule has 1 atom stereocenters. The molecule has 4 nitrogen and oxygen atoms in total. The van der Waals surface area contributed by atoms with E-state index < -0.39 is 5.54 Å². The predicted molar refractivity (Wildman–Crippen MR) is 88.3 cm³/mol. The Bertz CT molecular complexity index is 739. The van der Waals surface area contributed by atoms with Crippen molar-refractivity contribution in [3.05, 3.63) is 65.7 Å². The van der Waals surface area contributed by atoms with Gasteiger partial charge in [0.1, 0.15) is 0 Å². The second-order valence-electron chi connectivity index (χ2n) is 5.20. The van der Waals surface area contributed by atoms with Crippen molar-refractivity contribution in [2.45, 2.75) is 12.5 Å². The Morgan fingerprint density at radius 2 is 2.05 bits per heavy atom. The van der Waals surface area contributed by atoms with Crippen molar-refractivity contribution in [2.24, 2.45) is 0 Å². The van der Waals surface area contributed by atoms with Crippen LogP contribution >= 0.6 is 0 Å². The van der Waals surface area contributed by atoms with Gasteiger partial charge in [-0.15, -0.1) is 0 Å². The Morgan fingerprint density at radius 3 is 2.82 bits per heavy atom. The highest BCUT2D eigenvalue weighted by molar-refractivity contribution is 5.93. The smallest absolute Gasteiger partial charge is 0.340 e. The van der Waals surface area contributed by atoms with Gasteiger partial charge in [-0.2, -0.15) is 0 Å². The number of esters is 1. The van der Waals surface area contributed by atoms with Crippen LogP contribution in [0.4, 0.5) is 11.4 Å². The molecule has 4 heteroatoms. The number of carbonyl (C=O) groups excluding carboxylic acids is 1. The molecule has 2 aromatic rings. The minimum atomic E-state index is -1.06. The Labute approximate surface area is 129 Å². The molecule has 0 spiro atoms. The molecule has 3 N–H and O–H groups in total. The highest BCUT2D eigenvalue weighted by atomic mass is 16.5. The van der Waals surface area contributed by atoms with E-state index in [-0.39, 0.29) is 5.97 Å². The second kappa shape index (κ2) is 5.56. The van der Waals surface area contributed by atoms with Gasteiger partial charge in [0.05, 0.1) is 6.61 Å². The van der Waals surface area contributed by atoms with Crippen molar-refractivity contribution in [3.63, 3.8) is 0 Å². The minimum Gasteiger partial charge on any atom is -0.464 e. The lowest BCUT2D eigenvalue weighted by Crippen LogP contribution is -2.44. The van der Waals surface area contributed by atoms with Gasteiger partial charge in [0.25, 0.3) is 0 Å². The number of benzene rings is 2. The van der Waals surface area contributed by atoms with Crippen LogP contribution in [0.25, 0.3) is 6.08 Å². The first-order valence-electron chi connectivity index (χ1n) is 7.25. The normalized spacial score (nSPS) is 19.1. The summed E-state index contributed by atoms with van der Waals surface area (Å²) >= 11 is 0. The van der Waals surface area contributed by atoms with Crippen LogP contribution in [0.15, 0.2) is 54.6 Å². The number of hydrogen-bond donors (Lipinski definition) is 2. The summed E-state index contributed by atoms with van der Waals surface area (Å²) in [5, 5.41) is 3.32. The Morgan fingerprint density at radius 1 is 1.23 bits per heavy atom. The quantitative estimate of drug-likeness (QED) is 0.674. The highest BCUT2D eigenvalue weighted by Gasteiger charge is 2.41. The molecule has 0 aromatic heterocycles. The van der Waals surface area contributed by atoms with Gasteiger partial charge in [0.2, 0.25) is 0 Å². The van der Waals surface area contributed by atoms with Gasteiger partial charge < -0.3 is 15.8 Å². The number of rotatable bonds is 3. The summed E-state index contributed by atoms with van der Waals surface area (Å²) in [6, 6.07) is 15.1. The van der Waals surface area contributed by atoms with Crippen molar-refractivity contribution < 1.29 is 9.53 Å². The largest absolute Gasteiger partial charge is 0.464 e. The fourth-order valence-electron chi connectivity index (χ4n) is 2.66. The third kappa shape index (κ3) is 2.33. The number of hydrogen-bond acceptors (Lipinski definition) is 4. The monoisotopic (exact) mass is 294 g/mol. The van der Waals surface area contributed by atoms with Crippen LogP contribution in [0, 0.1) is 0 Å². The molecule has 1 heterocycles. The second-order valence-corrected chi connectivity index (χ2v) is 5.20. The number of anilines is 2. The molecule has 1 unspecified atom stereocenters. The standard InChI is InChI=1S/C18H18N2O2/c1-2-22-17(21)18(14-7-5-8-15(19)12-14)11-10-13-6-3-4-9-16(13)20-18/h3-12,20H,2,19H2,1H3. The van der Waals surface area contributed by atoms with E-state index in [1.54, 1.807) is 19.1 Å². The van der Waals surface area contributed by atoms with Crippen LogP contribution in [0.5, 0.6) is 0 Å². The van der Waals surface area contributed by atoms with E-state index in [1.165, 1.54) is 0 Å². The zero-order chi connectivity index (χ0) is 15.6. The van der Waals surface area contributed by atoms with Crippen LogP contribution in [-0.4, -0.2) is 12.6 Å². The van der Waals surface area contributed by atoms with Gasteiger partial charge in [-0.1, -0.05) is 36.4 Å². The van der Waals surface area contributed by atoms with Crippen LogP contribution in [0.2, 0.25) is 0 Å². The number of nitrogens with one attached hydrogen (secondary N) is 1. The average Bonchev–Trinajstić information content (AvgIpc) is 2.54. The van der Waals surface area contributed by atoms with Crippen molar-refractivity contribution in [2.75, 3.05) is 17.7 Å². The molecule has 3 rings (SSSR count). The average molecular weight is 294 g/mol. The molecular weight excluding hydrogens is 276 g/mol. The fourth-order valence-corrected chi connectivity index (χ4v) is 2.66. The summed E-state index contributed by atoms with van der Waals surface area (Å²) in [4.78, 5) is 12.7. The summed E-state index contributed by atoms with van der Waals surface area (Å²) in [7, 11) is 0. The predicted octanol–water partition coefficient (Wildman–Crippen LogP) is 3.17. The van der Waals surface area contributed by atoms with Crippen LogP contribution in [-0.2, 0) is 15.1 Å². The first-order valence-corrected chi connectivity index (χ1v) is 7.25. The maximum Gasteiger partial charge on any atom is 0.340 e. The Kier molecular flexibility index (Phi) is 3.59. The number of fused-ring (bicyclic) bond motifs is 1. The van der Waals surface area contributed by atoms with Crippen molar-refractivity contribution in [1.29, 1.82) is 0 Å². The molecule has 22 heavy (non-hydrogen) atoms. The molecular formula is C18H18N2O2. The highest BCUT2D eigenvalue weighted by Crippen LogP contribution is 2.36. The molecule has 2 aromatic carbocycles. The lowest BCUT2D eigenvalue weighted by Gasteiger charge is -2.34. The maximum absolute atomic E-state index is 12.7. The van der Waals surface area contributed by atoms with Gasteiger partial charge in [0.15, 0.2) is 5.54 Å². The Balaban J connectivity index is 2.12. The van der Waals surface area contributed by atoms with E-state index in [1.807, 2.05) is 48.6 Å². The molecule has 0 aliphatic carbocycles. The first kappa shape index (κ1) is 14.2. The molecule has 0 bridgehead atoms. The van der Waals surface area contributed by atoms with Crippen molar-refractivity contribution in [3.8, 4) is 0 Å². The summed E-state index contributed by atoms with van der Waals surface area (Å²) in [6.45, 7) is 2.12. The minimum absolute atomic E-state index is 0.320. The zero-order valence-electron chi connectivity index (χ0n) is 12.4. The summed E-state index contributed by atoms with van der Waals surface area (Å²) < 4.78 is 5.30. The first-order chi connectivity index (χ1) is 10.7. The van der Waals surface area contributed by atoms with Crippen molar-refractivity contribution in [1.82, 2.24) is 0 Å². The van der Waals surface area contributed by atoms with Crippen LogP contribution < -0.4 is 11.1 Å². The van der Waals surface area contributed by atoms with Gasteiger partial charge in [0, 0.05) is 11.4 Å². The van der Waals surface area contributed by atoms with Gasteiger partial charge >= 0.3 is 5.97 Å². The maximum atomic E-state index is 12.7. The molecule has 1 aliphatic rings. The Hall–Kier alpha value is -2.75. The fraction of sp³-hybridized carbons (Fsp3) is 0.167. The molecule has 0 amide bonds. The number of carbonyl (C=O) groups is 1. The van der Waals surface area contributed by atoms with E-state index in [4.69, 9.17) is 10.5 Å². The molecule has 112 valence electrons. The zero-order valence-corrected chi connectivity index (χ0v) is 12.4. The lowest BCUT2D eigenvalue weighted by atomic mass is 9.85.